The van der Waals surface area contributed by atoms with E-state index in [4.69, 9.17) is 9.88 Å². The van der Waals surface area contributed by atoms with Crippen molar-refractivity contribution in [1.82, 2.24) is 5.39 Å². The molecule has 1 saturated heterocycles. The standard InChI is InChI=1S/C3H9N2O4/c1-5(7-3)8-4(6-2)9-5/h1-3H3/q+1. The highest BCUT2D eigenvalue weighted by Crippen LogP contribution is 2.21. The van der Waals surface area contributed by atoms with Gasteiger partial charge in [0.05, 0.1) is 7.11 Å². The Morgan fingerprint density at radius 3 is 2.22 bits per heavy atom. The highest BCUT2D eigenvalue weighted by atomic mass is 17.5. The van der Waals surface area contributed by atoms with Crippen LogP contribution in [0.5, 0.6) is 0 Å². The number of nitrogens with zero attached hydrogens (tertiary/aromatic N) is 2. The number of hydrogen-bond donors (Lipinski definition) is 0. The molecule has 0 unspecified atom stereocenters. The third kappa shape index (κ3) is 1.18. The number of quaternary nitrogens is 1. The van der Waals surface area contributed by atoms with Crippen LogP contribution in [0.3, 0.4) is 0 Å². The third-order valence-corrected chi connectivity index (χ3v) is 0.911. The van der Waals surface area contributed by atoms with Crippen molar-refractivity contribution in [2.24, 2.45) is 0 Å². The van der Waals surface area contributed by atoms with E-state index in [0.717, 1.165) is 5.39 Å². The maximum Gasteiger partial charge on any atom is 0.197 e. The van der Waals surface area contributed by atoms with Crippen LogP contribution in [-0.4, -0.2) is 31.6 Å². The summed E-state index contributed by atoms with van der Waals surface area (Å²) in [6.45, 7) is 0. The highest BCUT2D eigenvalue weighted by molar-refractivity contribution is 3.74. The van der Waals surface area contributed by atoms with E-state index in [0.29, 0.717) is 0 Å². The molecule has 0 radical (unpaired) electrons. The van der Waals surface area contributed by atoms with Crippen molar-refractivity contribution in [2.45, 2.75) is 0 Å². The Hall–Kier alpha value is -0.240. The molecule has 1 aliphatic heterocycles. The zero-order valence-electron chi connectivity index (χ0n) is 5.53. The summed E-state index contributed by atoms with van der Waals surface area (Å²) >= 11 is 0. The quantitative estimate of drug-likeness (QED) is 0.483. The van der Waals surface area contributed by atoms with Crippen molar-refractivity contribution in [3.63, 3.8) is 0 Å². The molecule has 0 N–H and O–H groups in total. The minimum Gasteiger partial charge on any atom is -0.245 e. The van der Waals surface area contributed by atoms with E-state index >= 15 is 0 Å². The largest absolute Gasteiger partial charge is 0.245 e. The lowest BCUT2D eigenvalue weighted by Crippen LogP contribution is -2.61. The Balaban J connectivity index is 2.24. The zero-order valence-corrected chi connectivity index (χ0v) is 5.53. The minimum atomic E-state index is -0.381. The van der Waals surface area contributed by atoms with Crippen LogP contribution < -0.4 is 0 Å². The van der Waals surface area contributed by atoms with Gasteiger partial charge in [-0.1, -0.05) is 0 Å². The summed E-state index contributed by atoms with van der Waals surface area (Å²) in [4.78, 5) is 18.2. The SMILES string of the molecule is CON1O[N+](C)(OC)O1. The molecule has 1 heterocycles. The molecule has 0 saturated carbocycles. The molecule has 0 aliphatic carbocycles. The Morgan fingerprint density at radius 2 is 1.89 bits per heavy atom. The maximum atomic E-state index is 4.73. The van der Waals surface area contributed by atoms with Crippen molar-refractivity contribution in [3.8, 4) is 0 Å². The van der Waals surface area contributed by atoms with Gasteiger partial charge in [-0.15, -0.1) is 4.84 Å². The number of hydroxylamine groups is 3. The second-order valence-electron chi connectivity index (χ2n) is 1.52. The fraction of sp³-hybridized carbons (Fsp3) is 1.00. The molecule has 6 nitrogen and oxygen atoms in total. The maximum absolute atomic E-state index is 4.73. The van der Waals surface area contributed by atoms with Gasteiger partial charge in [-0.25, -0.2) is 4.84 Å². The molecule has 0 atom stereocenters. The van der Waals surface area contributed by atoms with Crippen molar-refractivity contribution in [3.05, 3.63) is 0 Å². The van der Waals surface area contributed by atoms with Gasteiger partial charge in [0.15, 0.2) is 12.4 Å². The molecule has 0 bridgehead atoms. The molecule has 0 aromatic heterocycles. The van der Waals surface area contributed by atoms with Crippen LogP contribution in [0.2, 0.25) is 0 Å². The first-order valence-electron chi connectivity index (χ1n) is 2.36. The van der Waals surface area contributed by atoms with Crippen molar-refractivity contribution in [2.75, 3.05) is 21.3 Å². The van der Waals surface area contributed by atoms with Gasteiger partial charge < -0.3 is 0 Å². The van der Waals surface area contributed by atoms with Gasteiger partial charge in [0.25, 0.3) is 0 Å². The molecule has 1 aliphatic rings. The molecule has 54 valence electrons. The van der Waals surface area contributed by atoms with Gasteiger partial charge in [-0.05, 0) is 0 Å². The lowest BCUT2D eigenvalue weighted by atomic mass is 11.4. The molecule has 9 heavy (non-hydrogen) atoms. The smallest absolute Gasteiger partial charge is 0.197 e. The number of hydrogen-bond acceptors (Lipinski definition) is 5. The molecule has 0 aromatic rings. The molecule has 6 heteroatoms. The van der Waals surface area contributed by atoms with E-state index in [9.17, 15) is 0 Å². The highest BCUT2D eigenvalue weighted by Gasteiger charge is 2.49. The molecule has 1 rings (SSSR count). The average Bonchev–Trinajstić information content (AvgIpc) is 1.81. The summed E-state index contributed by atoms with van der Waals surface area (Å²) in [5.41, 5.74) is 0. The van der Waals surface area contributed by atoms with Crippen molar-refractivity contribution < 1.29 is 24.5 Å². The molecule has 0 aromatic carbocycles. The van der Waals surface area contributed by atoms with Crippen LogP contribution in [-0.2, 0) is 19.6 Å². The fourth-order valence-electron chi connectivity index (χ4n) is 0.382. The normalized spacial score (nSPS) is 25.7. The summed E-state index contributed by atoms with van der Waals surface area (Å²) < 4.78 is 0. The summed E-state index contributed by atoms with van der Waals surface area (Å²) in [6.07, 6.45) is 0. The zero-order chi connectivity index (χ0) is 6.91. The van der Waals surface area contributed by atoms with Crippen LogP contribution in [0.1, 0.15) is 0 Å². The summed E-state index contributed by atoms with van der Waals surface area (Å²) in [5, 5.41) is 0.837. The van der Waals surface area contributed by atoms with E-state index in [2.05, 4.69) is 9.68 Å². The topological polar surface area (TPSA) is 40.2 Å². The van der Waals surface area contributed by atoms with Gasteiger partial charge in [0.2, 0.25) is 0 Å². The van der Waals surface area contributed by atoms with Gasteiger partial charge in [0.1, 0.15) is 12.1 Å². The summed E-state index contributed by atoms with van der Waals surface area (Å²) in [6, 6.07) is 0. The van der Waals surface area contributed by atoms with Crippen LogP contribution in [0.25, 0.3) is 0 Å². The van der Waals surface area contributed by atoms with Crippen LogP contribution in [0, 0.1) is 0 Å². The Bertz CT molecular complexity index is 102. The van der Waals surface area contributed by atoms with Crippen LogP contribution in [0.4, 0.5) is 0 Å². The molecule has 0 amide bonds. The van der Waals surface area contributed by atoms with Crippen LogP contribution in [0.15, 0.2) is 0 Å². The molecular formula is C3H9N2O4+. The monoisotopic (exact) mass is 137 g/mol. The van der Waals surface area contributed by atoms with Crippen LogP contribution >= 0.6 is 0 Å². The van der Waals surface area contributed by atoms with Gasteiger partial charge in [-0.2, -0.15) is 0 Å². The first kappa shape index (κ1) is 6.87. The third-order valence-electron chi connectivity index (χ3n) is 0.911. The first-order chi connectivity index (χ1) is 4.20. The Kier molecular flexibility index (Phi) is 1.66. The van der Waals surface area contributed by atoms with E-state index in [1.165, 1.54) is 14.2 Å². The van der Waals surface area contributed by atoms with E-state index in [1.54, 1.807) is 7.05 Å². The lowest BCUT2D eigenvalue weighted by Gasteiger charge is -2.33. The lowest BCUT2D eigenvalue weighted by molar-refractivity contribution is -1.48. The van der Waals surface area contributed by atoms with Gasteiger partial charge in [-0.3, -0.25) is 0 Å². The second kappa shape index (κ2) is 2.18. The van der Waals surface area contributed by atoms with E-state index in [-0.39, 0.29) is 4.97 Å². The molecule has 0 spiro atoms. The number of rotatable bonds is 2. The Morgan fingerprint density at radius 1 is 1.33 bits per heavy atom. The predicted octanol–water partition coefficient (Wildman–Crippen LogP) is -0.435. The van der Waals surface area contributed by atoms with Gasteiger partial charge in [0, 0.05) is 9.88 Å². The van der Waals surface area contributed by atoms with E-state index < -0.39 is 0 Å². The average molecular weight is 137 g/mol. The van der Waals surface area contributed by atoms with Gasteiger partial charge >= 0.3 is 0 Å². The summed E-state index contributed by atoms with van der Waals surface area (Å²) in [5.74, 6) is 0. The second-order valence-corrected chi connectivity index (χ2v) is 1.52. The fourth-order valence-corrected chi connectivity index (χ4v) is 0.382. The predicted molar refractivity (Wildman–Crippen MR) is 24.2 cm³/mol. The summed E-state index contributed by atoms with van der Waals surface area (Å²) in [7, 11) is 4.43. The molecular weight excluding hydrogens is 128 g/mol. The van der Waals surface area contributed by atoms with E-state index in [1.807, 2.05) is 0 Å². The minimum absolute atomic E-state index is 0.381. The molecule has 1 fully saturated rings. The van der Waals surface area contributed by atoms with Crippen molar-refractivity contribution >= 4 is 0 Å². The van der Waals surface area contributed by atoms with Crippen molar-refractivity contribution in [1.29, 1.82) is 0 Å². The first-order valence-corrected chi connectivity index (χ1v) is 2.36. The Labute approximate surface area is 52.4 Å².